The van der Waals surface area contributed by atoms with Gasteiger partial charge in [0.1, 0.15) is 5.82 Å². The molecule has 140 valence electrons. The van der Waals surface area contributed by atoms with Gasteiger partial charge in [-0.1, -0.05) is 12.1 Å². The molecule has 1 saturated heterocycles. The van der Waals surface area contributed by atoms with E-state index >= 15 is 0 Å². The molecule has 0 N–H and O–H groups in total. The van der Waals surface area contributed by atoms with Crippen molar-refractivity contribution in [3.8, 4) is 22.5 Å². The van der Waals surface area contributed by atoms with E-state index in [1.54, 1.807) is 24.5 Å². The fraction of sp³-hybridized carbons (Fsp3) is 0.333. The quantitative estimate of drug-likeness (QED) is 0.697. The molecular formula is C21H24FN5. The van der Waals surface area contributed by atoms with Crippen molar-refractivity contribution in [3.63, 3.8) is 0 Å². The van der Waals surface area contributed by atoms with Crippen molar-refractivity contribution in [3.05, 3.63) is 60.9 Å². The summed E-state index contributed by atoms with van der Waals surface area (Å²) < 4.78 is 16.6. The molecule has 3 aromatic rings. The van der Waals surface area contributed by atoms with Crippen molar-refractivity contribution in [2.24, 2.45) is 0 Å². The van der Waals surface area contributed by atoms with Crippen LogP contribution in [0.3, 0.4) is 0 Å². The smallest absolute Gasteiger partial charge is 0.132 e. The number of aromatic nitrogens is 3. The largest absolute Gasteiger partial charge is 0.329 e. The molecule has 0 bridgehead atoms. The van der Waals surface area contributed by atoms with Crippen LogP contribution < -0.4 is 0 Å². The van der Waals surface area contributed by atoms with Crippen LogP contribution in [0.4, 0.5) is 4.39 Å². The van der Waals surface area contributed by atoms with Crippen LogP contribution in [-0.2, 0) is 6.54 Å². The van der Waals surface area contributed by atoms with E-state index in [1.807, 2.05) is 24.5 Å². The van der Waals surface area contributed by atoms with Crippen molar-refractivity contribution in [1.29, 1.82) is 0 Å². The first-order valence-electron chi connectivity index (χ1n) is 9.33. The third kappa shape index (κ3) is 3.91. The first-order valence-corrected chi connectivity index (χ1v) is 9.33. The average molecular weight is 365 g/mol. The highest BCUT2D eigenvalue weighted by molar-refractivity contribution is 5.78. The summed E-state index contributed by atoms with van der Waals surface area (Å²) in [5, 5.41) is 0. The molecule has 0 atom stereocenters. The van der Waals surface area contributed by atoms with Crippen LogP contribution in [0, 0.1) is 5.82 Å². The van der Waals surface area contributed by atoms with E-state index < -0.39 is 0 Å². The molecular weight excluding hydrogens is 341 g/mol. The van der Waals surface area contributed by atoms with Crippen molar-refractivity contribution < 1.29 is 4.39 Å². The Kier molecular flexibility index (Phi) is 5.27. The highest BCUT2D eigenvalue weighted by Gasteiger charge is 2.19. The monoisotopic (exact) mass is 365 g/mol. The predicted octanol–water partition coefficient (Wildman–Crippen LogP) is 3.00. The fourth-order valence-electron chi connectivity index (χ4n) is 3.54. The summed E-state index contributed by atoms with van der Waals surface area (Å²) >= 11 is 0. The first-order chi connectivity index (χ1) is 13.2. The minimum absolute atomic E-state index is 0.253. The lowest BCUT2D eigenvalue weighted by Gasteiger charge is -2.32. The first kappa shape index (κ1) is 17.8. The van der Waals surface area contributed by atoms with Gasteiger partial charge in [0.2, 0.25) is 0 Å². The SMILES string of the molecule is CN1CCN(CCn2cnc(-c3ccccc3F)c2-c2ccncc2)CC1. The van der Waals surface area contributed by atoms with E-state index in [2.05, 4.69) is 31.4 Å². The van der Waals surface area contributed by atoms with Gasteiger partial charge in [-0.2, -0.15) is 0 Å². The Labute approximate surface area is 159 Å². The normalized spacial score (nSPS) is 15.9. The summed E-state index contributed by atoms with van der Waals surface area (Å²) in [7, 11) is 2.16. The summed E-state index contributed by atoms with van der Waals surface area (Å²) in [4.78, 5) is 13.5. The van der Waals surface area contributed by atoms with Crippen molar-refractivity contribution in [2.45, 2.75) is 6.54 Å². The Morgan fingerprint density at radius 1 is 0.963 bits per heavy atom. The number of imidazole rings is 1. The molecule has 27 heavy (non-hydrogen) atoms. The second kappa shape index (κ2) is 7.98. The highest BCUT2D eigenvalue weighted by atomic mass is 19.1. The molecule has 2 aromatic heterocycles. The molecule has 5 nitrogen and oxygen atoms in total. The second-order valence-corrected chi connectivity index (χ2v) is 7.00. The Morgan fingerprint density at radius 3 is 2.44 bits per heavy atom. The zero-order valence-electron chi connectivity index (χ0n) is 15.6. The van der Waals surface area contributed by atoms with Gasteiger partial charge < -0.3 is 9.47 Å². The molecule has 0 saturated carbocycles. The lowest BCUT2D eigenvalue weighted by Crippen LogP contribution is -2.45. The average Bonchev–Trinajstić information content (AvgIpc) is 3.12. The molecule has 0 amide bonds. The molecule has 4 rings (SSSR count). The molecule has 1 aliphatic heterocycles. The summed E-state index contributed by atoms with van der Waals surface area (Å²) in [5.41, 5.74) is 3.15. The van der Waals surface area contributed by atoms with Gasteiger partial charge in [-0.3, -0.25) is 9.88 Å². The summed E-state index contributed by atoms with van der Waals surface area (Å²) in [6.45, 7) is 6.14. The number of nitrogens with zero attached hydrogens (tertiary/aromatic N) is 5. The van der Waals surface area contributed by atoms with Crippen molar-refractivity contribution >= 4 is 0 Å². The Bertz CT molecular complexity index is 885. The second-order valence-electron chi connectivity index (χ2n) is 7.00. The van der Waals surface area contributed by atoms with Crippen LogP contribution in [0.5, 0.6) is 0 Å². The Morgan fingerprint density at radius 2 is 1.70 bits per heavy atom. The van der Waals surface area contributed by atoms with E-state index in [9.17, 15) is 4.39 Å². The summed E-state index contributed by atoms with van der Waals surface area (Å²) in [6, 6.07) is 10.7. The van der Waals surface area contributed by atoms with Crippen LogP contribution in [0.1, 0.15) is 0 Å². The molecule has 1 aliphatic rings. The number of halogens is 1. The maximum Gasteiger partial charge on any atom is 0.132 e. The molecule has 0 radical (unpaired) electrons. The number of rotatable bonds is 5. The molecule has 1 fully saturated rings. The predicted molar refractivity (Wildman–Crippen MR) is 105 cm³/mol. The molecule has 0 spiro atoms. The van der Waals surface area contributed by atoms with Gasteiger partial charge in [0, 0.05) is 62.8 Å². The topological polar surface area (TPSA) is 37.2 Å². The van der Waals surface area contributed by atoms with Gasteiger partial charge in [-0.25, -0.2) is 9.37 Å². The summed E-state index contributed by atoms with van der Waals surface area (Å²) in [6.07, 6.45) is 5.35. The van der Waals surface area contributed by atoms with E-state index in [4.69, 9.17) is 0 Å². The summed E-state index contributed by atoms with van der Waals surface area (Å²) in [5.74, 6) is -0.253. The van der Waals surface area contributed by atoms with Gasteiger partial charge >= 0.3 is 0 Å². The third-order valence-electron chi connectivity index (χ3n) is 5.17. The van der Waals surface area contributed by atoms with Crippen LogP contribution in [0.15, 0.2) is 55.1 Å². The molecule has 1 aromatic carbocycles. The van der Waals surface area contributed by atoms with Crippen LogP contribution in [0.2, 0.25) is 0 Å². The third-order valence-corrected chi connectivity index (χ3v) is 5.17. The Hall–Kier alpha value is -2.57. The minimum Gasteiger partial charge on any atom is -0.329 e. The number of hydrogen-bond acceptors (Lipinski definition) is 4. The van der Waals surface area contributed by atoms with Crippen LogP contribution in [-0.4, -0.2) is 64.1 Å². The van der Waals surface area contributed by atoms with E-state index in [1.165, 1.54) is 6.07 Å². The highest BCUT2D eigenvalue weighted by Crippen LogP contribution is 2.32. The minimum atomic E-state index is -0.253. The maximum absolute atomic E-state index is 14.4. The zero-order chi connectivity index (χ0) is 18.6. The Balaban J connectivity index is 1.65. The van der Waals surface area contributed by atoms with E-state index in [0.29, 0.717) is 11.3 Å². The van der Waals surface area contributed by atoms with Gasteiger partial charge in [0.25, 0.3) is 0 Å². The fourth-order valence-corrected chi connectivity index (χ4v) is 3.54. The lowest BCUT2D eigenvalue weighted by molar-refractivity contribution is 0.150. The number of pyridine rings is 1. The van der Waals surface area contributed by atoms with Gasteiger partial charge in [0.05, 0.1) is 17.7 Å². The number of likely N-dealkylation sites (N-methyl/N-ethyl adjacent to an activating group) is 1. The molecule has 0 unspecified atom stereocenters. The van der Waals surface area contributed by atoms with E-state index in [0.717, 1.165) is 50.5 Å². The van der Waals surface area contributed by atoms with Gasteiger partial charge in [0.15, 0.2) is 0 Å². The number of benzene rings is 1. The lowest BCUT2D eigenvalue weighted by atomic mass is 10.1. The van der Waals surface area contributed by atoms with Crippen molar-refractivity contribution in [1.82, 2.24) is 24.3 Å². The van der Waals surface area contributed by atoms with Crippen LogP contribution >= 0.6 is 0 Å². The standard InChI is InChI=1S/C21H24FN5/c1-25-10-12-26(13-11-25)14-15-27-16-24-20(18-4-2-3-5-19(18)22)21(27)17-6-8-23-9-7-17/h2-9,16H,10-15H2,1H3. The number of hydrogen-bond donors (Lipinski definition) is 0. The van der Waals surface area contributed by atoms with Crippen molar-refractivity contribution in [2.75, 3.05) is 39.8 Å². The van der Waals surface area contributed by atoms with Gasteiger partial charge in [-0.15, -0.1) is 0 Å². The molecule has 3 heterocycles. The maximum atomic E-state index is 14.4. The van der Waals surface area contributed by atoms with Crippen LogP contribution in [0.25, 0.3) is 22.5 Å². The zero-order valence-corrected chi connectivity index (χ0v) is 15.6. The number of piperazine rings is 1. The van der Waals surface area contributed by atoms with E-state index in [-0.39, 0.29) is 5.82 Å². The van der Waals surface area contributed by atoms with Gasteiger partial charge in [-0.05, 0) is 31.3 Å². The molecule has 0 aliphatic carbocycles. The molecule has 6 heteroatoms.